The molecule has 1 aromatic heterocycles. The van der Waals surface area contributed by atoms with Crippen LogP contribution in [0.2, 0.25) is 0 Å². The van der Waals surface area contributed by atoms with E-state index in [9.17, 15) is 9.59 Å². The van der Waals surface area contributed by atoms with Gasteiger partial charge in [-0.1, -0.05) is 0 Å². The first-order valence-corrected chi connectivity index (χ1v) is 11.5. The number of amides is 1. The molecule has 0 spiro atoms. The summed E-state index contributed by atoms with van der Waals surface area (Å²) >= 11 is 0. The van der Waals surface area contributed by atoms with Crippen LogP contribution in [0.1, 0.15) is 44.0 Å². The first-order valence-electron chi connectivity index (χ1n) is 11.5. The van der Waals surface area contributed by atoms with Crippen LogP contribution in [0, 0.1) is 0 Å². The molecule has 2 heterocycles. The first-order chi connectivity index (χ1) is 16.7. The molecule has 0 bridgehead atoms. The van der Waals surface area contributed by atoms with E-state index in [1.54, 1.807) is 36.4 Å². The number of rotatable bonds is 8. The number of nitrogens with zero attached hydrogens (tertiary/aromatic N) is 4. The fourth-order valence-electron chi connectivity index (χ4n) is 3.65. The van der Waals surface area contributed by atoms with Crippen LogP contribution in [0.4, 0.5) is 17.6 Å². The molecule has 184 valence electrons. The van der Waals surface area contributed by atoms with Crippen LogP contribution >= 0.6 is 0 Å². The number of nitrogen functional groups attached to an aromatic ring is 1. The Morgan fingerprint density at radius 1 is 1.09 bits per heavy atom. The van der Waals surface area contributed by atoms with Gasteiger partial charge in [-0.3, -0.25) is 9.59 Å². The number of nitrogens with two attached hydrogens (primary N) is 1. The van der Waals surface area contributed by atoms with Gasteiger partial charge in [0, 0.05) is 24.2 Å². The Kier molecular flexibility index (Phi) is 6.90. The molecule has 1 amide bonds. The second-order valence-electron chi connectivity index (χ2n) is 9.23. The molecular weight excluding hydrogens is 448 g/mol. The van der Waals surface area contributed by atoms with E-state index < -0.39 is 5.91 Å². The molecule has 0 atom stereocenters. The van der Waals surface area contributed by atoms with Gasteiger partial charge in [-0.05, 0) is 75.7 Å². The minimum atomic E-state index is -0.398. The van der Waals surface area contributed by atoms with Crippen molar-refractivity contribution in [1.82, 2.24) is 19.7 Å². The zero-order valence-corrected chi connectivity index (χ0v) is 20.2. The van der Waals surface area contributed by atoms with Crippen molar-refractivity contribution in [1.29, 1.82) is 0 Å². The number of likely N-dealkylation sites (tertiary alicyclic amines) is 1. The monoisotopic (exact) mass is 478 g/mol. The summed E-state index contributed by atoms with van der Waals surface area (Å²) in [6, 6.07) is 14.0. The number of benzene rings is 2. The molecule has 1 aliphatic heterocycles. The lowest BCUT2D eigenvalue weighted by Gasteiger charge is -2.21. The topological polar surface area (TPSA) is 125 Å². The summed E-state index contributed by atoms with van der Waals surface area (Å²) in [5, 5.41) is 7.24. The van der Waals surface area contributed by atoms with Crippen LogP contribution in [-0.2, 0) is 4.79 Å². The van der Waals surface area contributed by atoms with E-state index in [-0.39, 0.29) is 23.4 Å². The van der Waals surface area contributed by atoms with Gasteiger partial charge in [0.15, 0.2) is 0 Å². The van der Waals surface area contributed by atoms with Crippen molar-refractivity contribution in [3.05, 3.63) is 54.1 Å². The van der Waals surface area contributed by atoms with E-state index in [4.69, 9.17) is 15.2 Å². The van der Waals surface area contributed by atoms with Gasteiger partial charge >= 0.3 is 0 Å². The average molecular weight is 479 g/mol. The van der Waals surface area contributed by atoms with Crippen LogP contribution in [0.3, 0.4) is 0 Å². The van der Waals surface area contributed by atoms with Crippen LogP contribution in [0.15, 0.2) is 48.5 Å². The molecule has 10 heteroatoms. The number of hydrogen-bond acceptors (Lipinski definition) is 8. The molecule has 1 aliphatic rings. The zero-order valence-electron chi connectivity index (χ0n) is 20.2. The Bertz CT molecular complexity index is 1180. The highest BCUT2D eigenvalue weighted by atomic mass is 16.5. The number of anilines is 3. The van der Waals surface area contributed by atoms with Crippen molar-refractivity contribution in [2.45, 2.75) is 39.2 Å². The van der Waals surface area contributed by atoms with E-state index in [1.165, 1.54) is 0 Å². The molecule has 10 nitrogen and oxygen atoms in total. The van der Waals surface area contributed by atoms with Crippen LogP contribution in [-0.4, -0.2) is 56.8 Å². The Morgan fingerprint density at radius 2 is 1.77 bits per heavy atom. The fourth-order valence-corrected chi connectivity index (χ4v) is 3.65. The van der Waals surface area contributed by atoms with Crippen LogP contribution in [0.25, 0.3) is 0 Å². The van der Waals surface area contributed by atoms with Crippen LogP contribution in [0.5, 0.6) is 11.5 Å². The second-order valence-corrected chi connectivity index (χ2v) is 9.23. The lowest BCUT2D eigenvalue weighted by molar-refractivity contribution is -0.128. The maximum atomic E-state index is 12.9. The third-order valence-corrected chi connectivity index (χ3v) is 5.26. The Balaban J connectivity index is 1.34. The molecular formula is C25H30N6O4. The van der Waals surface area contributed by atoms with Gasteiger partial charge in [-0.25, -0.2) is 0 Å². The van der Waals surface area contributed by atoms with E-state index in [1.807, 2.05) is 37.8 Å². The Morgan fingerprint density at radius 3 is 2.40 bits per heavy atom. The lowest BCUT2D eigenvalue weighted by atomic mass is 10.1. The van der Waals surface area contributed by atoms with Gasteiger partial charge in [0.2, 0.25) is 17.8 Å². The summed E-state index contributed by atoms with van der Waals surface area (Å²) < 4.78 is 12.6. The summed E-state index contributed by atoms with van der Waals surface area (Å²) in [6.45, 7) is 7.68. The van der Waals surface area contributed by atoms with Gasteiger partial charge in [-0.2, -0.15) is 9.67 Å². The highest BCUT2D eigenvalue weighted by molar-refractivity contribution is 5.97. The highest BCUT2D eigenvalue weighted by Gasteiger charge is 2.20. The van der Waals surface area contributed by atoms with Gasteiger partial charge in [-0.15, -0.1) is 5.10 Å². The average Bonchev–Trinajstić information content (AvgIpc) is 3.38. The molecule has 0 unspecified atom stereocenters. The summed E-state index contributed by atoms with van der Waals surface area (Å²) in [5.41, 5.74) is 6.73. The smallest absolute Gasteiger partial charge is 0.281 e. The summed E-state index contributed by atoms with van der Waals surface area (Å²) in [6.07, 6.45) is 1.54. The number of aromatic nitrogens is 3. The molecule has 3 N–H and O–H groups in total. The molecule has 35 heavy (non-hydrogen) atoms. The van der Waals surface area contributed by atoms with Crippen molar-refractivity contribution in [2.24, 2.45) is 0 Å². The fraction of sp³-hybridized carbons (Fsp3) is 0.360. The van der Waals surface area contributed by atoms with E-state index in [0.717, 1.165) is 17.6 Å². The molecule has 1 saturated heterocycles. The molecule has 0 aliphatic carbocycles. The van der Waals surface area contributed by atoms with Crippen molar-refractivity contribution >= 4 is 29.4 Å². The quantitative estimate of drug-likeness (QED) is 0.504. The van der Waals surface area contributed by atoms with Gasteiger partial charge < -0.3 is 25.4 Å². The second kappa shape index (κ2) is 10.0. The third kappa shape index (κ3) is 6.28. The number of hydrogen-bond donors (Lipinski definition) is 2. The predicted molar refractivity (Wildman–Crippen MR) is 132 cm³/mol. The maximum absolute atomic E-state index is 12.9. The molecule has 1 fully saturated rings. The number of carbonyl (C=O) groups excluding carboxylic acids is 2. The SMILES string of the molecule is CC(C)(C)Oc1ccc(C(=O)n2nc(Nc3ccc(OCCN4CCCC4=O)cc3)nc2N)cc1. The van der Waals surface area contributed by atoms with E-state index in [2.05, 4.69) is 15.4 Å². The molecule has 0 saturated carbocycles. The van der Waals surface area contributed by atoms with E-state index in [0.29, 0.717) is 42.3 Å². The number of nitrogens with one attached hydrogen (secondary N) is 1. The summed E-state index contributed by atoms with van der Waals surface area (Å²) in [7, 11) is 0. The van der Waals surface area contributed by atoms with Gasteiger partial charge in [0.25, 0.3) is 5.91 Å². The minimum Gasteiger partial charge on any atom is -0.492 e. The van der Waals surface area contributed by atoms with Crippen molar-refractivity contribution < 1.29 is 19.1 Å². The highest BCUT2D eigenvalue weighted by Crippen LogP contribution is 2.21. The lowest BCUT2D eigenvalue weighted by Crippen LogP contribution is -2.29. The molecule has 3 aromatic rings. The largest absolute Gasteiger partial charge is 0.492 e. The third-order valence-electron chi connectivity index (χ3n) is 5.26. The van der Waals surface area contributed by atoms with E-state index >= 15 is 0 Å². The standard InChI is InChI=1S/C25H30N6O4/c1-25(2,3)35-20-10-6-17(7-11-20)22(33)31-23(26)28-24(29-31)27-18-8-12-19(13-9-18)34-16-15-30-14-4-5-21(30)32/h6-13H,4-5,14-16H2,1-3H3,(H3,26,27,28,29). The van der Waals surface area contributed by atoms with Crippen molar-refractivity contribution in [3.8, 4) is 11.5 Å². The summed E-state index contributed by atoms with van der Waals surface area (Å²) in [5.74, 6) is 1.32. The van der Waals surface area contributed by atoms with Crippen LogP contribution < -0.4 is 20.5 Å². The van der Waals surface area contributed by atoms with Crippen molar-refractivity contribution in [3.63, 3.8) is 0 Å². The molecule has 0 radical (unpaired) electrons. The Labute approximate surface area is 204 Å². The first kappa shape index (κ1) is 24.1. The molecule has 2 aromatic carbocycles. The van der Waals surface area contributed by atoms with Gasteiger partial charge in [0.05, 0.1) is 6.54 Å². The minimum absolute atomic E-state index is 0.0241. The van der Waals surface area contributed by atoms with Crippen molar-refractivity contribution in [2.75, 3.05) is 30.7 Å². The number of carbonyl (C=O) groups is 2. The molecule has 4 rings (SSSR count). The van der Waals surface area contributed by atoms with Gasteiger partial charge in [0.1, 0.15) is 23.7 Å². The Hall–Kier alpha value is -4.08. The number of ether oxygens (including phenoxy) is 2. The normalized spacial score (nSPS) is 13.7. The predicted octanol–water partition coefficient (Wildman–Crippen LogP) is 3.47. The summed E-state index contributed by atoms with van der Waals surface area (Å²) in [4.78, 5) is 30.5. The maximum Gasteiger partial charge on any atom is 0.281 e. The zero-order chi connectivity index (χ0) is 25.0.